The Morgan fingerprint density at radius 1 is 1.20 bits per heavy atom. The Morgan fingerprint density at radius 2 is 1.80 bits per heavy atom. The zero-order chi connectivity index (χ0) is 11.6. The Bertz CT molecular complexity index is 417. The van der Waals surface area contributed by atoms with Gasteiger partial charge in [-0.05, 0) is 6.07 Å². The number of nitrogens with one attached hydrogen (secondary N) is 1. The largest absolute Gasteiger partial charge is 0.370 e. The minimum atomic E-state index is 0.178. The first kappa shape index (κ1) is 12.7. The summed E-state index contributed by atoms with van der Waals surface area (Å²) in [6, 6.07) is 1.52. The Kier molecular flexibility index (Phi) is 4.34. The molecule has 15 heavy (non-hydrogen) atoms. The zero-order valence-corrected chi connectivity index (χ0v) is 10.6. The lowest BCUT2D eigenvalue weighted by Crippen LogP contribution is -2.22. The van der Waals surface area contributed by atoms with E-state index in [4.69, 9.17) is 52.1 Å². The quantitative estimate of drug-likeness (QED) is 0.358. The second-order valence-corrected chi connectivity index (χ2v) is 4.12. The summed E-state index contributed by atoms with van der Waals surface area (Å²) >= 11 is 23.4. The van der Waals surface area contributed by atoms with Crippen molar-refractivity contribution >= 4 is 58.1 Å². The summed E-state index contributed by atoms with van der Waals surface area (Å²) in [6.45, 7) is 0. The number of benzene rings is 1. The summed E-state index contributed by atoms with van der Waals surface area (Å²) in [5.41, 5.74) is 5.93. The van der Waals surface area contributed by atoms with E-state index in [9.17, 15) is 0 Å². The highest BCUT2D eigenvalue weighted by Crippen LogP contribution is 2.40. The molecule has 7 heteroatoms. The van der Waals surface area contributed by atoms with Crippen LogP contribution in [0.5, 0.6) is 0 Å². The molecular formula is C8H7Cl4N3. The lowest BCUT2D eigenvalue weighted by molar-refractivity contribution is 1.38. The molecule has 0 aliphatic heterocycles. The van der Waals surface area contributed by atoms with Crippen LogP contribution in [0, 0.1) is 0 Å². The molecule has 0 fully saturated rings. The monoisotopic (exact) mass is 285 g/mol. The van der Waals surface area contributed by atoms with E-state index in [-0.39, 0.29) is 26.1 Å². The van der Waals surface area contributed by atoms with Gasteiger partial charge < -0.3 is 11.1 Å². The molecule has 3 N–H and O–H groups in total. The molecule has 1 aromatic rings. The zero-order valence-electron chi connectivity index (χ0n) is 7.61. The van der Waals surface area contributed by atoms with E-state index >= 15 is 0 Å². The average Bonchev–Trinajstić information content (AvgIpc) is 2.22. The highest BCUT2D eigenvalue weighted by atomic mass is 35.5. The molecule has 0 aliphatic rings. The van der Waals surface area contributed by atoms with Crippen LogP contribution in [-0.4, -0.2) is 13.0 Å². The van der Waals surface area contributed by atoms with Crippen molar-refractivity contribution in [3.8, 4) is 0 Å². The first-order valence-electron chi connectivity index (χ1n) is 3.79. The minimum Gasteiger partial charge on any atom is -0.370 e. The maximum absolute atomic E-state index is 5.92. The van der Waals surface area contributed by atoms with E-state index in [0.29, 0.717) is 5.69 Å². The van der Waals surface area contributed by atoms with Gasteiger partial charge in [-0.25, -0.2) is 0 Å². The molecule has 0 spiro atoms. The van der Waals surface area contributed by atoms with Crippen LogP contribution in [-0.2, 0) is 0 Å². The van der Waals surface area contributed by atoms with E-state index in [2.05, 4.69) is 10.3 Å². The lowest BCUT2D eigenvalue weighted by atomic mass is 10.3. The van der Waals surface area contributed by atoms with E-state index in [1.807, 2.05) is 0 Å². The van der Waals surface area contributed by atoms with E-state index in [0.717, 1.165) is 0 Å². The van der Waals surface area contributed by atoms with Crippen molar-refractivity contribution in [1.82, 2.24) is 0 Å². The first-order chi connectivity index (χ1) is 6.97. The second-order valence-electron chi connectivity index (χ2n) is 2.58. The standard InChI is InChI=1S/C8H7Cl4N3/c1-14-8(13)15-4-2-3(9)5(10)7(12)6(4)11/h2H,1H3,(H3,13,14,15). The number of guanidine groups is 1. The van der Waals surface area contributed by atoms with Crippen LogP contribution in [0.1, 0.15) is 0 Å². The molecule has 0 aromatic heterocycles. The van der Waals surface area contributed by atoms with Gasteiger partial charge in [0, 0.05) is 7.05 Å². The van der Waals surface area contributed by atoms with Crippen molar-refractivity contribution < 1.29 is 0 Å². The fraction of sp³-hybridized carbons (Fsp3) is 0.125. The molecule has 0 aliphatic carbocycles. The Balaban J connectivity index is 3.21. The van der Waals surface area contributed by atoms with Crippen molar-refractivity contribution in [2.24, 2.45) is 10.7 Å². The number of aliphatic imine (C=N–C) groups is 1. The van der Waals surface area contributed by atoms with Crippen LogP contribution in [0.4, 0.5) is 5.69 Å². The molecule has 1 rings (SSSR count). The highest BCUT2D eigenvalue weighted by molar-refractivity contribution is 6.52. The van der Waals surface area contributed by atoms with Gasteiger partial charge in [0.15, 0.2) is 5.96 Å². The molecule has 0 bridgehead atoms. The predicted octanol–water partition coefficient (Wildman–Crippen LogP) is 3.66. The van der Waals surface area contributed by atoms with Crippen LogP contribution in [0.15, 0.2) is 11.1 Å². The summed E-state index contributed by atoms with van der Waals surface area (Å²) in [4.78, 5) is 3.71. The first-order valence-corrected chi connectivity index (χ1v) is 5.30. The second kappa shape index (κ2) is 5.12. The lowest BCUT2D eigenvalue weighted by Gasteiger charge is -2.10. The number of nitrogens with two attached hydrogens (primary N) is 1. The van der Waals surface area contributed by atoms with Crippen LogP contribution >= 0.6 is 46.4 Å². The minimum absolute atomic E-state index is 0.178. The van der Waals surface area contributed by atoms with Crippen LogP contribution < -0.4 is 11.1 Å². The molecule has 0 radical (unpaired) electrons. The van der Waals surface area contributed by atoms with Crippen LogP contribution in [0.3, 0.4) is 0 Å². The van der Waals surface area contributed by atoms with Crippen molar-refractivity contribution in [3.05, 3.63) is 26.2 Å². The number of rotatable bonds is 1. The number of hydrogen-bond acceptors (Lipinski definition) is 1. The Labute approximate surface area is 107 Å². The van der Waals surface area contributed by atoms with Crippen molar-refractivity contribution in [1.29, 1.82) is 0 Å². The SMILES string of the molecule is CN=C(N)Nc1cc(Cl)c(Cl)c(Cl)c1Cl. The van der Waals surface area contributed by atoms with Gasteiger partial charge >= 0.3 is 0 Å². The van der Waals surface area contributed by atoms with Gasteiger partial charge in [0.25, 0.3) is 0 Å². The fourth-order valence-corrected chi connectivity index (χ4v) is 1.71. The van der Waals surface area contributed by atoms with Crippen molar-refractivity contribution in [2.75, 3.05) is 12.4 Å². The molecule has 0 unspecified atom stereocenters. The molecule has 82 valence electrons. The normalized spacial score (nSPS) is 11.7. The highest BCUT2D eigenvalue weighted by Gasteiger charge is 2.13. The van der Waals surface area contributed by atoms with Gasteiger partial charge in [-0.2, -0.15) is 0 Å². The molecule has 1 aromatic carbocycles. The summed E-state index contributed by atoms with van der Waals surface area (Å²) < 4.78 is 0. The molecule has 0 amide bonds. The smallest absolute Gasteiger partial charge is 0.192 e. The van der Waals surface area contributed by atoms with Gasteiger partial charge in [-0.1, -0.05) is 46.4 Å². The maximum Gasteiger partial charge on any atom is 0.192 e. The predicted molar refractivity (Wildman–Crippen MR) is 67.7 cm³/mol. The van der Waals surface area contributed by atoms with Gasteiger partial charge in [-0.15, -0.1) is 0 Å². The van der Waals surface area contributed by atoms with E-state index in [1.54, 1.807) is 0 Å². The molecule has 0 atom stereocenters. The molecule has 0 saturated carbocycles. The number of halogens is 4. The average molecular weight is 287 g/mol. The summed E-state index contributed by atoms with van der Waals surface area (Å²) in [5.74, 6) is 0.200. The summed E-state index contributed by atoms with van der Waals surface area (Å²) in [7, 11) is 1.54. The molecular weight excluding hydrogens is 280 g/mol. The van der Waals surface area contributed by atoms with E-state index < -0.39 is 0 Å². The Morgan fingerprint density at radius 3 is 2.33 bits per heavy atom. The topological polar surface area (TPSA) is 50.4 Å². The molecule has 3 nitrogen and oxygen atoms in total. The Hall–Kier alpha value is -0.350. The van der Waals surface area contributed by atoms with E-state index in [1.165, 1.54) is 13.1 Å². The van der Waals surface area contributed by atoms with Crippen molar-refractivity contribution in [3.63, 3.8) is 0 Å². The third-order valence-electron chi connectivity index (χ3n) is 1.61. The van der Waals surface area contributed by atoms with Crippen LogP contribution in [0.25, 0.3) is 0 Å². The maximum atomic E-state index is 5.92. The van der Waals surface area contributed by atoms with Gasteiger partial charge in [0.1, 0.15) is 0 Å². The molecule has 0 heterocycles. The summed E-state index contributed by atoms with van der Waals surface area (Å²) in [6.07, 6.45) is 0. The van der Waals surface area contributed by atoms with Gasteiger partial charge in [0.2, 0.25) is 0 Å². The van der Waals surface area contributed by atoms with Gasteiger partial charge in [0.05, 0.1) is 25.8 Å². The molecule has 0 saturated heterocycles. The number of anilines is 1. The number of hydrogen-bond donors (Lipinski definition) is 2. The third-order valence-corrected chi connectivity index (χ3v) is 3.36. The fourth-order valence-electron chi connectivity index (χ4n) is 0.858. The van der Waals surface area contributed by atoms with Crippen LogP contribution in [0.2, 0.25) is 20.1 Å². The number of nitrogens with zero attached hydrogens (tertiary/aromatic N) is 1. The van der Waals surface area contributed by atoms with Crippen molar-refractivity contribution in [2.45, 2.75) is 0 Å². The third kappa shape index (κ3) is 2.82. The summed E-state index contributed by atoms with van der Waals surface area (Å²) in [5, 5.41) is 3.66. The van der Waals surface area contributed by atoms with Gasteiger partial charge in [-0.3, -0.25) is 4.99 Å².